The van der Waals surface area contributed by atoms with Crippen LogP contribution in [0, 0.1) is 20.0 Å². The predicted molar refractivity (Wildman–Crippen MR) is 44.4 cm³/mol. The lowest BCUT2D eigenvalue weighted by atomic mass is 10.2. The molecule has 0 atom stereocenters. The molecule has 0 fully saturated rings. The highest BCUT2D eigenvalue weighted by Crippen LogP contribution is 2.09. The molecule has 0 amide bonds. The van der Waals surface area contributed by atoms with Crippen molar-refractivity contribution in [2.75, 3.05) is 0 Å². The summed E-state index contributed by atoms with van der Waals surface area (Å²) in [6, 6.07) is 0. The number of hydrogen-bond acceptors (Lipinski definition) is 2. The van der Waals surface area contributed by atoms with Crippen LogP contribution in [0.5, 0.6) is 0 Å². The molecule has 1 radical (unpaired) electrons. The smallest absolute Gasteiger partial charge is 0.131 e. The zero-order chi connectivity index (χ0) is 8.43. The van der Waals surface area contributed by atoms with Crippen LogP contribution in [-0.4, -0.2) is 9.97 Å². The Kier molecular flexibility index (Phi) is 2.22. The topological polar surface area (TPSA) is 25.8 Å². The van der Waals surface area contributed by atoms with Crippen LogP contribution in [0.4, 0.5) is 0 Å². The fourth-order valence-corrected chi connectivity index (χ4v) is 0.761. The number of nitrogens with zero attached hydrogens (tertiary/aromatic N) is 2. The maximum absolute atomic E-state index is 4.33. The number of rotatable bonds is 1. The zero-order valence-electron chi connectivity index (χ0n) is 7.47. The summed E-state index contributed by atoms with van der Waals surface area (Å²) in [6.07, 6.45) is 2.94. The lowest BCUT2D eigenvalue weighted by Gasteiger charge is -2.04. The lowest BCUT2D eigenvalue weighted by molar-refractivity contribution is 0.760. The summed E-state index contributed by atoms with van der Waals surface area (Å²) in [7, 11) is 0. The lowest BCUT2D eigenvalue weighted by Crippen LogP contribution is -2.00. The fourth-order valence-electron chi connectivity index (χ4n) is 0.761. The van der Waals surface area contributed by atoms with Crippen molar-refractivity contribution < 1.29 is 0 Å². The molecule has 59 valence electrons. The van der Waals surface area contributed by atoms with Crippen LogP contribution in [0.3, 0.4) is 0 Å². The highest BCUT2D eigenvalue weighted by molar-refractivity contribution is 5.13. The molecule has 0 saturated heterocycles. The molecule has 0 spiro atoms. The highest BCUT2D eigenvalue weighted by atomic mass is 14.9. The van der Waals surface area contributed by atoms with Crippen molar-refractivity contribution in [3.63, 3.8) is 0 Å². The minimum atomic E-state index is 0.394. The summed E-state index contributed by atoms with van der Waals surface area (Å²) in [6.45, 7) is 8.12. The van der Waals surface area contributed by atoms with E-state index in [-0.39, 0.29) is 0 Å². The third kappa shape index (κ3) is 1.76. The van der Waals surface area contributed by atoms with E-state index >= 15 is 0 Å². The fraction of sp³-hybridized carbons (Fsp3) is 0.556. The highest BCUT2D eigenvalue weighted by Gasteiger charge is 2.03. The van der Waals surface area contributed by atoms with E-state index in [4.69, 9.17) is 0 Å². The third-order valence-corrected chi connectivity index (χ3v) is 1.68. The van der Waals surface area contributed by atoms with Gasteiger partial charge < -0.3 is 0 Å². The monoisotopic (exact) mass is 149 g/mol. The summed E-state index contributed by atoms with van der Waals surface area (Å²) in [4.78, 5) is 8.43. The average Bonchev–Trinajstić information content (AvgIpc) is 1.94. The first-order valence-corrected chi connectivity index (χ1v) is 3.84. The summed E-state index contributed by atoms with van der Waals surface area (Å²) < 4.78 is 0. The zero-order valence-corrected chi connectivity index (χ0v) is 7.47. The van der Waals surface area contributed by atoms with E-state index in [1.165, 1.54) is 0 Å². The van der Waals surface area contributed by atoms with E-state index in [1.54, 1.807) is 0 Å². The van der Waals surface area contributed by atoms with Gasteiger partial charge in [0, 0.05) is 11.6 Å². The summed E-state index contributed by atoms with van der Waals surface area (Å²) >= 11 is 0. The van der Waals surface area contributed by atoms with E-state index in [1.807, 2.05) is 13.8 Å². The first-order chi connectivity index (χ1) is 5.11. The molecule has 0 aliphatic heterocycles. The molecular weight excluding hydrogens is 136 g/mol. The van der Waals surface area contributed by atoms with E-state index < -0.39 is 0 Å². The summed E-state index contributed by atoms with van der Waals surface area (Å²) in [5.74, 6) is 1.28. The Morgan fingerprint density at radius 2 is 1.91 bits per heavy atom. The van der Waals surface area contributed by atoms with Gasteiger partial charge in [0.25, 0.3) is 0 Å². The van der Waals surface area contributed by atoms with Crippen molar-refractivity contribution in [2.24, 2.45) is 0 Å². The minimum Gasteiger partial charge on any atom is -0.238 e. The first kappa shape index (κ1) is 8.18. The Labute approximate surface area is 67.7 Å². The molecule has 1 aromatic rings. The molecule has 0 N–H and O–H groups in total. The van der Waals surface area contributed by atoms with E-state index in [2.05, 4.69) is 30.0 Å². The van der Waals surface area contributed by atoms with E-state index in [0.29, 0.717) is 5.92 Å². The van der Waals surface area contributed by atoms with Gasteiger partial charge in [-0.05, 0) is 19.4 Å². The Balaban J connectivity index is 3.05. The molecule has 11 heavy (non-hydrogen) atoms. The van der Waals surface area contributed by atoms with Crippen molar-refractivity contribution in [3.8, 4) is 0 Å². The van der Waals surface area contributed by atoms with Crippen LogP contribution in [0.1, 0.15) is 36.8 Å². The van der Waals surface area contributed by atoms with Crippen LogP contribution in [0.25, 0.3) is 0 Å². The molecule has 0 saturated carbocycles. The van der Waals surface area contributed by atoms with Gasteiger partial charge >= 0.3 is 0 Å². The molecular formula is C9H13N2. The van der Waals surface area contributed by atoms with Gasteiger partial charge in [-0.3, -0.25) is 0 Å². The number of hydrogen-bond donors (Lipinski definition) is 0. The van der Waals surface area contributed by atoms with Crippen LogP contribution < -0.4 is 0 Å². The Hall–Kier alpha value is -0.920. The number of aryl methyl sites for hydroxylation is 2. The van der Waals surface area contributed by atoms with Crippen molar-refractivity contribution in [1.29, 1.82) is 0 Å². The van der Waals surface area contributed by atoms with Crippen molar-refractivity contribution in [2.45, 2.75) is 33.6 Å². The molecule has 0 bridgehead atoms. The molecule has 2 heteroatoms. The molecule has 2 nitrogen and oxygen atoms in total. The normalized spacial score (nSPS) is 10.6. The van der Waals surface area contributed by atoms with Crippen molar-refractivity contribution >= 4 is 0 Å². The van der Waals surface area contributed by atoms with Gasteiger partial charge in [-0.15, -0.1) is 0 Å². The third-order valence-electron chi connectivity index (χ3n) is 1.68. The molecule has 0 aliphatic carbocycles. The van der Waals surface area contributed by atoms with Gasteiger partial charge in [0.2, 0.25) is 0 Å². The van der Waals surface area contributed by atoms with E-state index in [9.17, 15) is 0 Å². The SMILES string of the molecule is Cc1[c]nc(C(C)C)nc1C. The van der Waals surface area contributed by atoms with Gasteiger partial charge in [0.15, 0.2) is 0 Å². The van der Waals surface area contributed by atoms with Gasteiger partial charge in [-0.2, -0.15) is 0 Å². The van der Waals surface area contributed by atoms with Crippen molar-refractivity contribution in [3.05, 3.63) is 23.3 Å². The van der Waals surface area contributed by atoms with Crippen LogP contribution in [0.15, 0.2) is 0 Å². The molecule has 0 aromatic carbocycles. The average molecular weight is 149 g/mol. The largest absolute Gasteiger partial charge is 0.238 e. The van der Waals surface area contributed by atoms with Crippen molar-refractivity contribution in [1.82, 2.24) is 9.97 Å². The van der Waals surface area contributed by atoms with E-state index in [0.717, 1.165) is 17.1 Å². The molecule has 1 heterocycles. The van der Waals surface area contributed by atoms with Crippen LogP contribution in [-0.2, 0) is 0 Å². The predicted octanol–water partition coefficient (Wildman–Crippen LogP) is 2.02. The maximum atomic E-state index is 4.33. The molecule has 0 unspecified atom stereocenters. The van der Waals surface area contributed by atoms with Gasteiger partial charge in [-0.1, -0.05) is 13.8 Å². The Morgan fingerprint density at radius 1 is 1.27 bits per heavy atom. The minimum absolute atomic E-state index is 0.394. The number of aromatic nitrogens is 2. The Bertz CT molecular complexity index is 254. The second kappa shape index (κ2) is 2.99. The van der Waals surface area contributed by atoms with Gasteiger partial charge in [-0.25, -0.2) is 9.97 Å². The maximum Gasteiger partial charge on any atom is 0.131 e. The molecule has 0 aliphatic rings. The Morgan fingerprint density at radius 3 is 2.36 bits per heavy atom. The van der Waals surface area contributed by atoms with Gasteiger partial charge in [0.1, 0.15) is 5.82 Å². The van der Waals surface area contributed by atoms with Crippen LogP contribution >= 0.6 is 0 Å². The summed E-state index contributed by atoms with van der Waals surface area (Å²) in [5, 5.41) is 0. The first-order valence-electron chi connectivity index (χ1n) is 3.84. The standard InChI is InChI=1S/C9H13N2/c1-6(2)9-10-5-7(3)8(4)11-9/h6H,1-4H3. The second-order valence-corrected chi connectivity index (χ2v) is 3.06. The molecule has 1 rings (SSSR count). The van der Waals surface area contributed by atoms with Gasteiger partial charge in [0.05, 0.1) is 6.20 Å². The molecule has 1 aromatic heterocycles. The second-order valence-electron chi connectivity index (χ2n) is 3.06. The quantitative estimate of drug-likeness (QED) is 0.610. The van der Waals surface area contributed by atoms with Crippen LogP contribution in [0.2, 0.25) is 0 Å². The summed E-state index contributed by atoms with van der Waals surface area (Å²) in [5.41, 5.74) is 2.07.